The maximum Gasteiger partial charge on any atom is 0.265 e. The molecule has 0 aromatic heterocycles. The van der Waals surface area contributed by atoms with E-state index in [1.807, 2.05) is 25.1 Å². The van der Waals surface area contributed by atoms with Gasteiger partial charge in [0.15, 0.2) is 0 Å². The summed E-state index contributed by atoms with van der Waals surface area (Å²) in [7, 11) is 0. The van der Waals surface area contributed by atoms with Crippen molar-refractivity contribution in [3.63, 3.8) is 0 Å². The number of nitrogens with one attached hydrogen (secondary N) is 1. The van der Waals surface area contributed by atoms with Gasteiger partial charge >= 0.3 is 0 Å². The van der Waals surface area contributed by atoms with Crippen LogP contribution in [0.15, 0.2) is 40.9 Å². The fourth-order valence-electron chi connectivity index (χ4n) is 1.75. The molecule has 0 radical (unpaired) electrons. The van der Waals surface area contributed by atoms with E-state index in [0.717, 1.165) is 15.7 Å². The van der Waals surface area contributed by atoms with Crippen molar-refractivity contribution in [2.75, 3.05) is 11.1 Å². The molecule has 0 bridgehead atoms. The Labute approximate surface area is 118 Å². The Balaban J connectivity index is 2.35. The van der Waals surface area contributed by atoms with Crippen LogP contribution in [0.25, 0.3) is 0 Å². The first kappa shape index (κ1) is 13.8. The molecule has 3 N–H and O–H groups in total. The second kappa shape index (κ2) is 5.57. The molecule has 0 saturated carbocycles. The summed E-state index contributed by atoms with van der Waals surface area (Å²) >= 11 is 3.40. The van der Waals surface area contributed by atoms with E-state index in [4.69, 9.17) is 5.73 Å². The fourth-order valence-corrected chi connectivity index (χ4v) is 2.00. The zero-order valence-electron chi connectivity index (χ0n) is 10.3. The number of nitrogens with two attached hydrogens (primary N) is 1. The Kier molecular flexibility index (Phi) is 4.04. The summed E-state index contributed by atoms with van der Waals surface area (Å²) in [5.41, 5.74) is 7.92. The highest BCUT2D eigenvalue weighted by atomic mass is 79.9. The molecule has 0 aliphatic carbocycles. The van der Waals surface area contributed by atoms with E-state index in [0.29, 0.717) is 11.4 Å². The molecular weight excluding hydrogens is 314 g/mol. The van der Waals surface area contributed by atoms with Crippen LogP contribution in [0.4, 0.5) is 25.8 Å². The second-order valence-electron chi connectivity index (χ2n) is 4.24. The lowest BCUT2D eigenvalue weighted by molar-refractivity contribution is 0.152. The molecule has 2 nitrogen and oxygen atoms in total. The Morgan fingerprint density at radius 1 is 1.16 bits per heavy atom. The summed E-state index contributed by atoms with van der Waals surface area (Å²) in [5, 5.41) is 2.99. The molecule has 0 heterocycles. The molecule has 5 heteroatoms. The van der Waals surface area contributed by atoms with Crippen molar-refractivity contribution >= 4 is 33.0 Å². The average molecular weight is 327 g/mol. The number of anilines is 3. The van der Waals surface area contributed by atoms with E-state index in [2.05, 4.69) is 21.2 Å². The molecule has 2 aromatic rings. The van der Waals surface area contributed by atoms with Gasteiger partial charge in [0.1, 0.15) is 0 Å². The monoisotopic (exact) mass is 326 g/mol. The smallest absolute Gasteiger partial charge is 0.265 e. The van der Waals surface area contributed by atoms with E-state index >= 15 is 0 Å². The van der Waals surface area contributed by atoms with Crippen LogP contribution >= 0.6 is 15.9 Å². The van der Waals surface area contributed by atoms with Gasteiger partial charge in [-0.25, -0.2) is 8.78 Å². The summed E-state index contributed by atoms with van der Waals surface area (Å²) in [5.74, 6) is 0. The molecule has 0 unspecified atom stereocenters. The first-order valence-electron chi connectivity index (χ1n) is 5.68. The number of aryl methyl sites for hydroxylation is 1. The highest BCUT2D eigenvalue weighted by Crippen LogP contribution is 2.31. The first-order chi connectivity index (χ1) is 8.97. The van der Waals surface area contributed by atoms with Crippen molar-refractivity contribution in [1.29, 1.82) is 0 Å². The molecule has 2 aromatic carbocycles. The van der Waals surface area contributed by atoms with Gasteiger partial charge in [-0.3, -0.25) is 0 Å². The lowest BCUT2D eigenvalue weighted by Gasteiger charge is -2.13. The Morgan fingerprint density at radius 3 is 2.53 bits per heavy atom. The van der Waals surface area contributed by atoms with Gasteiger partial charge < -0.3 is 11.1 Å². The van der Waals surface area contributed by atoms with Gasteiger partial charge in [0.25, 0.3) is 6.43 Å². The molecule has 19 heavy (non-hydrogen) atoms. The standard InChI is InChI=1S/C14H13BrF2N2/c1-8-6-10(3-4-12(8)15)19-13-5-2-9(18)7-11(13)14(16)17/h2-7,14,19H,18H2,1H3. The first-order valence-corrected chi connectivity index (χ1v) is 6.47. The van der Waals surface area contributed by atoms with Crippen LogP contribution in [0.5, 0.6) is 0 Å². The zero-order chi connectivity index (χ0) is 14.0. The number of benzene rings is 2. The number of rotatable bonds is 3. The van der Waals surface area contributed by atoms with Crippen LogP contribution in [0, 0.1) is 6.92 Å². The van der Waals surface area contributed by atoms with Gasteiger partial charge in [0.2, 0.25) is 0 Å². The molecule has 0 atom stereocenters. The van der Waals surface area contributed by atoms with Gasteiger partial charge in [-0.15, -0.1) is 0 Å². The minimum Gasteiger partial charge on any atom is -0.399 e. The van der Waals surface area contributed by atoms with Crippen molar-refractivity contribution in [1.82, 2.24) is 0 Å². The average Bonchev–Trinajstić information content (AvgIpc) is 2.36. The molecule has 100 valence electrons. The van der Waals surface area contributed by atoms with Crippen LogP contribution in [-0.4, -0.2) is 0 Å². The third-order valence-corrected chi connectivity index (χ3v) is 3.64. The van der Waals surface area contributed by atoms with Gasteiger partial charge in [0, 0.05) is 27.1 Å². The third kappa shape index (κ3) is 3.23. The number of nitrogen functional groups attached to an aromatic ring is 1. The largest absolute Gasteiger partial charge is 0.399 e. The Morgan fingerprint density at radius 2 is 1.89 bits per heavy atom. The van der Waals surface area contributed by atoms with Crippen LogP contribution in [-0.2, 0) is 0 Å². The van der Waals surface area contributed by atoms with E-state index in [9.17, 15) is 8.78 Å². The highest BCUT2D eigenvalue weighted by Gasteiger charge is 2.13. The predicted molar refractivity (Wildman–Crippen MR) is 78.0 cm³/mol. The van der Waals surface area contributed by atoms with Gasteiger partial charge in [0.05, 0.1) is 0 Å². The number of halogens is 3. The van der Waals surface area contributed by atoms with Crippen LogP contribution in [0.3, 0.4) is 0 Å². The van der Waals surface area contributed by atoms with Gasteiger partial charge in [-0.2, -0.15) is 0 Å². The SMILES string of the molecule is Cc1cc(Nc2ccc(N)cc2C(F)F)ccc1Br. The van der Waals surface area contributed by atoms with E-state index in [-0.39, 0.29) is 5.56 Å². The molecule has 0 fully saturated rings. The maximum absolute atomic E-state index is 13.0. The Bertz CT molecular complexity index is 600. The summed E-state index contributed by atoms with van der Waals surface area (Å²) < 4.78 is 26.9. The van der Waals surface area contributed by atoms with Crippen LogP contribution in [0.2, 0.25) is 0 Å². The van der Waals surface area contributed by atoms with Gasteiger partial charge in [-0.1, -0.05) is 15.9 Å². The number of hydrogen-bond donors (Lipinski definition) is 2. The van der Waals surface area contributed by atoms with E-state index < -0.39 is 6.43 Å². The Hall–Kier alpha value is -1.62. The topological polar surface area (TPSA) is 38.0 Å². The summed E-state index contributed by atoms with van der Waals surface area (Å²) in [4.78, 5) is 0. The second-order valence-corrected chi connectivity index (χ2v) is 5.09. The minimum atomic E-state index is -2.57. The fraction of sp³-hybridized carbons (Fsp3) is 0.143. The lowest BCUT2D eigenvalue weighted by Crippen LogP contribution is -1.98. The molecule has 0 amide bonds. The maximum atomic E-state index is 13.0. The molecule has 0 aliphatic heterocycles. The van der Waals surface area contributed by atoms with Crippen LogP contribution < -0.4 is 11.1 Å². The molecule has 2 rings (SSSR count). The van der Waals surface area contributed by atoms with Crippen molar-refractivity contribution in [2.45, 2.75) is 13.3 Å². The van der Waals surface area contributed by atoms with Crippen molar-refractivity contribution in [3.8, 4) is 0 Å². The van der Waals surface area contributed by atoms with E-state index in [1.54, 1.807) is 12.1 Å². The van der Waals surface area contributed by atoms with Crippen LogP contribution in [0.1, 0.15) is 17.6 Å². The quantitative estimate of drug-likeness (QED) is 0.777. The minimum absolute atomic E-state index is 0.0967. The number of hydrogen-bond acceptors (Lipinski definition) is 2. The van der Waals surface area contributed by atoms with Crippen molar-refractivity contribution in [3.05, 3.63) is 52.0 Å². The van der Waals surface area contributed by atoms with Gasteiger partial charge in [-0.05, 0) is 48.9 Å². The summed E-state index contributed by atoms with van der Waals surface area (Å²) in [6, 6.07) is 10.0. The summed E-state index contributed by atoms with van der Waals surface area (Å²) in [6.45, 7) is 1.94. The lowest BCUT2D eigenvalue weighted by atomic mass is 10.1. The third-order valence-electron chi connectivity index (χ3n) is 2.75. The number of alkyl halides is 2. The highest BCUT2D eigenvalue weighted by molar-refractivity contribution is 9.10. The predicted octanol–water partition coefficient (Wildman–Crippen LogP) is 5.02. The van der Waals surface area contributed by atoms with Crippen molar-refractivity contribution in [2.24, 2.45) is 0 Å². The summed E-state index contributed by atoms with van der Waals surface area (Å²) in [6.07, 6.45) is -2.57. The molecule has 0 saturated heterocycles. The van der Waals surface area contributed by atoms with Crippen molar-refractivity contribution < 1.29 is 8.78 Å². The molecule has 0 aliphatic rings. The zero-order valence-corrected chi connectivity index (χ0v) is 11.8. The molecule has 0 spiro atoms. The normalized spacial score (nSPS) is 10.8. The van der Waals surface area contributed by atoms with E-state index in [1.165, 1.54) is 6.07 Å². The molecular formula is C14H13BrF2N2.